The van der Waals surface area contributed by atoms with Gasteiger partial charge >= 0.3 is 5.97 Å². The van der Waals surface area contributed by atoms with E-state index in [1.807, 2.05) is 6.92 Å². The lowest BCUT2D eigenvalue weighted by Gasteiger charge is -2.32. The second kappa shape index (κ2) is 8.25. The Bertz CT molecular complexity index is 321. The predicted molar refractivity (Wildman–Crippen MR) is 78.5 cm³/mol. The topological polar surface area (TPSA) is 69.6 Å². The average molecular weight is 284 g/mol. The highest BCUT2D eigenvalue weighted by molar-refractivity contribution is 5.82. The molecule has 0 spiro atoms. The van der Waals surface area contributed by atoms with Gasteiger partial charge in [0.05, 0.1) is 12.0 Å². The van der Waals surface area contributed by atoms with Crippen molar-refractivity contribution in [1.82, 2.24) is 10.2 Å². The third-order valence-electron chi connectivity index (χ3n) is 4.37. The van der Waals surface area contributed by atoms with Crippen molar-refractivity contribution in [1.29, 1.82) is 0 Å². The molecular formula is C15H28N2O3. The molecule has 5 nitrogen and oxygen atoms in total. The molecule has 0 aliphatic heterocycles. The number of hydrogen-bond acceptors (Lipinski definition) is 3. The summed E-state index contributed by atoms with van der Waals surface area (Å²) in [6.45, 7) is 7.90. The van der Waals surface area contributed by atoms with E-state index in [0.717, 1.165) is 32.4 Å². The number of hydrogen-bond donors (Lipinski definition) is 2. The maximum atomic E-state index is 12.3. The zero-order valence-electron chi connectivity index (χ0n) is 12.9. The van der Waals surface area contributed by atoms with Crippen LogP contribution in [0.4, 0.5) is 0 Å². The molecule has 0 bridgehead atoms. The summed E-state index contributed by atoms with van der Waals surface area (Å²) < 4.78 is 0. The first kappa shape index (κ1) is 17.0. The number of rotatable bonds is 7. The third kappa shape index (κ3) is 4.47. The van der Waals surface area contributed by atoms with Gasteiger partial charge < -0.3 is 10.4 Å². The number of likely N-dealkylation sites (N-methyl/N-ethyl adjacent to an activating group) is 1. The van der Waals surface area contributed by atoms with Crippen LogP contribution in [0.3, 0.4) is 0 Å². The predicted octanol–water partition coefficient (Wildman–Crippen LogP) is 1.87. The highest BCUT2D eigenvalue weighted by Crippen LogP contribution is 2.24. The van der Waals surface area contributed by atoms with Crippen LogP contribution in [0.2, 0.25) is 0 Å². The molecule has 1 rings (SSSR count). The van der Waals surface area contributed by atoms with Crippen molar-refractivity contribution in [3.05, 3.63) is 0 Å². The van der Waals surface area contributed by atoms with Gasteiger partial charge in [0.1, 0.15) is 0 Å². The number of amides is 1. The maximum Gasteiger partial charge on any atom is 0.306 e. The van der Waals surface area contributed by atoms with Gasteiger partial charge in [-0.2, -0.15) is 0 Å². The highest BCUT2D eigenvalue weighted by atomic mass is 16.4. The largest absolute Gasteiger partial charge is 0.481 e. The summed E-state index contributed by atoms with van der Waals surface area (Å²) in [5.74, 6) is -0.841. The molecule has 1 aliphatic rings. The summed E-state index contributed by atoms with van der Waals surface area (Å²) in [7, 11) is 0. The number of aliphatic carboxylic acids is 1. The van der Waals surface area contributed by atoms with Gasteiger partial charge in [0.15, 0.2) is 0 Å². The average Bonchev–Trinajstić information content (AvgIpc) is 2.44. The monoisotopic (exact) mass is 284 g/mol. The third-order valence-corrected chi connectivity index (χ3v) is 4.37. The first-order valence-electron chi connectivity index (χ1n) is 7.80. The molecule has 116 valence electrons. The Labute approximate surface area is 121 Å². The van der Waals surface area contributed by atoms with E-state index < -0.39 is 5.97 Å². The molecule has 1 atom stereocenters. The lowest BCUT2D eigenvalue weighted by molar-refractivity contribution is -0.142. The van der Waals surface area contributed by atoms with Crippen molar-refractivity contribution in [2.75, 3.05) is 13.1 Å². The fraction of sp³-hybridized carbons (Fsp3) is 0.867. The summed E-state index contributed by atoms with van der Waals surface area (Å²) in [6, 6.07) is 0.0740. The van der Waals surface area contributed by atoms with Gasteiger partial charge in [-0.25, -0.2) is 0 Å². The zero-order chi connectivity index (χ0) is 15.1. The Morgan fingerprint density at radius 2 is 1.70 bits per heavy atom. The van der Waals surface area contributed by atoms with Gasteiger partial charge in [-0.05, 0) is 45.2 Å². The van der Waals surface area contributed by atoms with E-state index in [4.69, 9.17) is 5.11 Å². The summed E-state index contributed by atoms with van der Waals surface area (Å²) in [6.07, 6.45) is 3.69. The van der Waals surface area contributed by atoms with Crippen LogP contribution in [-0.2, 0) is 9.59 Å². The van der Waals surface area contributed by atoms with Crippen molar-refractivity contribution in [2.24, 2.45) is 5.92 Å². The molecular weight excluding hydrogens is 256 g/mol. The lowest BCUT2D eigenvalue weighted by atomic mass is 9.86. The minimum Gasteiger partial charge on any atom is -0.481 e. The molecule has 0 aromatic heterocycles. The van der Waals surface area contributed by atoms with Crippen molar-refractivity contribution in [2.45, 2.75) is 65.0 Å². The number of carboxylic acids is 1. The van der Waals surface area contributed by atoms with E-state index >= 15 is 0 Å². The molecule has 1 aliphatic carbocycles. The normalized spacial score (nSPS) is 24.4. The summed E-state index contributed by atoms with van der Waals surface area (Å²) >= 11 is 0. The number of carbonyl (C=O) groups is 2. The molecule has 20 heavy (non-hydrogen) atoms. The Morgan fingerprint density at radius 3 is 2.10 bits per heavy atom. The molecule has 0 aromatic carbocycles. The molecule has 0 saturated heterocycles. The van der Waals surface area contributed by atoms with Crippen molar-refractivity contribution in [3.8, 4) is 0 Å². The second-order valence-corrected chi connectivity index (χ2v) is 5.54. The SMILES string of the molecule is CCC(C(=O)NC1CCC(C(=O)O)CC1)N(CC)CC. The number of nitrogens with one attached hydrogen (secondary N) is 1. The van der Waals surface area contributed by atoms with Crippen LogP contribution in [0.25, 0.3) is 0 Å². The molecule has 0 aromatic rings. The molecule has 0 radical (unpaired) electrons. The van der Waals surface area contributed by atoms with Gasteiger partial charge in [-0.15, -0.1) is 0 Å². The fourth-order valence-electron chi connectivity index (χ4n) is 3.06. The van der Waals surface area contributed by atoms with E-state index in [-0.39, 0.29) is 23.9 Å². The molecule has 1 amide bonds. The van der Waals surface area contributed by atoms with Gasteiger partial charge in [0.2, 0.25) is 5.91 Å². The number of nitrogens with zero attached hydrogens (tertiary/aromatic N) is 1. The smallest absolute Gasteiger partial charge is 0.306 e. The van der Waals surface area contributed by atoms with E-state index in [0.29, 0.717) is 12.8 Å². The van der Waals surface area contributed by atoms with Crippen LogP contribution < -0.4 is 5.32 Å². The Balaban J connectivity index is 2.47. The zero-order valence-corrected chi connectivity index (χ0v) is 12.9. The summed E-state index contributed by atoms with van der Waals surface area (Å²) in [5, 5.41) is 12.1. The van der Waals surface area contributed by atoms with Crippen LogP contribution in [0.1, 0.15) is 52.9 Å². The van der Waals surface area contributed by atoms with Gasteiger partial charge in [0, 0.05) is 6.04 Å². The Morgan fingerprint density at radius 1 is 1.15 bits per heavy atom. The lowest BCUT2D eigenvalue weighted by Crippen LogP contribution is -2.50. The molecule has 1 fully saturated rings. The molecule has 0 heterocycles. The van der Waals surface area contributed by atoms with E-state index in [2.05, 4.69) is 24.1 Å². The van der Waals surface area contributed by atoms with Crippen LogP contribution >= 0.6 is 0 Å². The Hall–Kier alpha value is -1.10. The van der Waals surface area contributed by atoms with Gasteiger partial charge in [0.25, 0.3) is 0 Å². The van der Waals surface area contributed by atoms with Crippen LogP contribution in [-0.4, -0.2) is 47.1 Å². The van der Waals surface area contributed by atoms with E-state index in [9.17, 15) is 9.59 Å². The summed E-state index contributed by atoms with van der Waals surface area (Å²) in [4.78, 5) is 25.4. The molecule has 1 unspecified atom stereocenters. The van der Waals surface area contributed by atoms with Crippen molar-refractivity contribution < 1.29 is 14.7 Å². The van der Waals surface area contributed by atoms with Crippen LogP contribution in [0.15, 0.2) is 0 Å². The minimum absolute atomic E-state index is 0.0674. The van der Waals surface area contributed by atoms with Gasteiger partial charge in [-0.1, -0.05) is 20.8 Å². The molecule has 1 saturated carbocycles. The Kier molecular flexibility index (Phi) is 6.99. The first-order valence-corrected chi connectivity index (χ1v) is 7.80. The summed E-state index contributed by atoms with van der Waals surface area (Å²) in [5.41, 5.74) is 0. The standard InChI is InChI=1S/C15H28N2O3/c1-4-13(17(5-2)6-3)14(18)16-12-9-7-11(8-10-12)15(19)20/h11-13H,4-10H2,1-3H3,(H,16,18)(H,19,20). The second-order valence-electron chi connectivity index (χ2n) is 5.54. The van der Waals surface area contributed by atoms with Crippen LogP contribution in [0, 0.1) is 5.92 Å². The van der Waals surface area contributed by atoms with E-state index in [1.54, 1.807) is 0 Å². The van der Waals surface area contributed by atoms with Crippen molar-refractivity contribution >= 4 is 11.9 Å². The first-order chi connectivity index (χ1) is 9.53. The van der Waals surface area contributed by atoms with Gasteiger partial charge in [-0.3, -0.25) is 14.5 Å². The highest BCUT2D eigenvalue weighted by Gasteiger charge is 2.29. The van der Waals surface area contributed by atoms with E-state index in [1.165, 1.54) is 0 Å². The van der Waals surface area contributed by atoms with Crippen LogP contribution in [0.5, 0.6) is 0 Å². The van der Waals surface area contributed by atoms with Crippen molar-refractivity contribution in [3.63, 3.8) is 0 Å². The minimum atomic E-state index is -0.704. The molecule has 5 heteroatoms. The number of carbonyl (C=O) groups excluding carboxylic acids is 1. The fourth-order valence-corrected chi connectivity index (χ4v) is 3.06. The maximum absolute atomic E-state index is 12.3. The quantitative estimate of drug-likeness (QED) is 0.749. The number of carboxylic acid groups (broad SMARTS) is 1. The molecule has 2 N–H and O–H groups in total.